The Morgan fingerprint density at radius 1 is 1.14 bits per heavy atom. The minimum atomic E-state index is -1.19. The van der Waals surface area contributed by atoms with E-state index in [-0.39, 0.29) is 18.4 Å². The molecule has 0 aliphatic carbocycles. The van der Waals surface area contributed by atoms with Gasteiger partial charge in [0.25, 0.3) is 0 Å². The van der Waals surface area contributed by atoms with E-state index in [9.17, 15) is 13.8 Å². The average molecular weight is 714 g/mol. The summed E-state index contributed by atoms with van der Waals surface area (Å²) in [5.41, 5.74) is 8.51. The zero-order chi connectivity index (χ0) is 36.8. The first kappa shape index (κ1) is 39.8. The third-order valence-corrected chi connectivity index (χ3v) is 10.9. The van der Waals surface area contributed by atoms with Gasteiger partial charge >= 0.3 is 0 Å². The number of nitrogens with two attached hydrogens (primary N) is 1. The number of nitrogens with zero attached hydrogens (tertiary/aromatic N) is 6. The summed E-state index contributed by atoms with van der Waals surface area (Å²) in [6, 6.07) is 14.9. The molecule has 272 valence electrons. The number of piperidine rings is 2. The van der Waals surface area contributed by atoms with E-state index in [1.54, 1.807) is 6.21 Å². The number of benzene rings is 2. The van der Waals surface area contributed by atoms with Crippen LogP contribution in [0.3, 0.4) is 0 Å². The van der Waals surface area contributed by atoms with Gasteiger partial charge in [0, 0.05) is 57.4 Å². The van der Waals surface area contributed by atoms with Crippen molar-refractivity contribution in [3.63, 3.8) is 0 Å². The van der Waals surface area contributed by atoms with E-state index in [2.05, 4.69) is 80.3 Å². The second kappa shape index (κ2) is 20.2. The summed E-state index contributed by atoms with van der Waals surface area (Å²) in [6.45, 7) is 10.6. The van der Waals surface area contributed by atoms with Crippen molar-refractivity contribution in [2.45, 2.75) is 62.3 Å². The van der Waals surface area contributed by atoms with Crippen molar-refractivity contribution in [1.29, 1.82) is 0 Å². The van der Waals surface area contributed by atoms with Crippen LogP contribution in [0.25, 0.3) is 10.9 Å². The minimum absolute atomic E-state index is 0.172. The van der Waals surface area contributed by atoms with Gasteiger partial charge in [0.05, 0.1) is 16.5 Å². The maximum atomic E-state index is 13.4. The summed E-state index contributed by atoms with van der Waals surface area (Å²) < 4.78 is 17.3. The van der Waals surface area contributed by atoms with Gasteiger partial charge in [0.1, 0.15) is 18.8 Å². The second-order valence-corrected chi connectivity index (χ2v) is 14.6. The molecule has 2 aliphatic heterocycles. The fourth-order valence-corrected chi connectivity index (χ4v) is 8.12. The van der Waals surface area contributed by atoms with Crippen molar-refractivity contribution in [3.05, 3.63) is 65.3 Å². The molecule has 5 rings (SSSR count). The number of carbonyl (C=O) groups excluding carboxylic acids is 2. The number of allylic oxidation sites excluding steroid dienone is 1. The van der Waals surface area contributed by atoms with Crippen molar-refractivity contribution in [2.75, 3.05) is 51.6 Å². The van der Waals surface area contributed by atoms with Gasteiger partial charge in [-0.3, -0.25) is 24.3 Å². The van der Waals surface area contributed by atoms with Crippen LogP contribution in [-0.4, -0.2) is 109 Å². The first-order chi connectivity index (χ1) is 24.7. The fourth-order valence-electron chi connectivity index (χ4n) is 6.83. The monoisotopic (exact) mass is 713 g/mol. The molecule has 0 spiro atoms. The molecule has 3 heterocycles. The highest BCUT2D eigenvalue weighted by Crippen LogP contribution is 2.32. The van der Waals surface area contributed by atoms with Crippen LogP contribution < -0.4 is 16.4 Å². The largest absolute Gasteiger partial charge is 0.358 e. The number of fused-ring (bicyclic) bond motifs is 1. The molecule has 2 radical (unpaired) electrons. The molecule has 2 aliphatic rings. The molecule has 0 bridgehead atoms. The number of hydrogen-bond acceptors (Lipinski definition) is 8. The molecule has 2 aromatic carbocycles. The normalized spacial score (nSPS) is 17.8. The zero-order valence-corrected chi connectivity index (χ0v) is 31.0. The van der Waals surface area contributed by atoms with Gasteiger partial charge in [-0.2, -0.15) is 5.10 Å². The highest BCUT2D eigenvalue weighted by molar-refractivity contribution is 7.82. The van der Waals surface area contributed by atoms with Gasteiger partial charge in [0.15, 0.2) is 5.82 Å². The lowest BCUT2D eigenvalue weighted by molar-refractivity contribution is -0.116. The van der Waals surface area contributed by atoms with E-state index < -0.39 is 11.0 Å². The highest BCUT2D eigenvalue weighted by Gasteiger charge is 2.25. The number of rotatable bonds is 15. The smallest absolute Gasteiger partial charge is 0.227 e. The quantitative estimate of drug-likeness (QED) is 0.0950. The van der Waals surface area contributed by atoms with E-state index in [0.717, 1.165) is 80.6 Å². The van der Waals surface area contributed by atoms with Crippen molar-refractivity contribution in [2.24, 2.45) is 28.7 Å². The molecule has 2 saturated heterocycles. The van der Waals surface area contributed by atoms with Gasteiger partial charge in [0.2, 0.25) is 12.3 Å². The molecule has 14 heteroatoms. The Balaban J connectivity index is 0.00000286. The number of likely N-dealkylation sites (tertiary alicyclic amines) is 1. The molecular weight excluding hydrogens is 661 g/mol. The van der Waals surface area contributed by atoms with E-state index in [0.29, 0.717) is 36.1 Å². The van der Waals surface area contributed by atoms with Crippen LogP contribution in [0, 0.1) is 5.92 Å². The number of aryl methyl sites for hydroxylation is 1. The molecule has 1 aromatic heterocycles. The van der Waals surface area contributed by atoms with Crippen molar-refractivity contribution in [3.8, 4) is 0 Å². The predicted octanol–water partition coefficient (Wildman–Crippen LogP) is 3.55. The summed E-state index contributed by atoms with van der Waals surface area (Å²) in [6.07, 6.45) is 8.72. The first-order valence-electron chi connectivity index (χ1n) is 17.7. The summed E-state index contributed by atoms with van der Waals surface area (Å²) in [7, 11) is 8.02. The summed E-state index contributed by atoms with van der Waals surface area (Å²) >= 11 is 0. The lowest BCUT2D eigenvalue weighted by atomic mass is 9.88. The summed E-state index contributed by atoms with van der Waals surface area (Å²) in [5, 5.41) is 10.8. The summed E-state index contributed by atoms with van der Waals surface area (Å²) in [5.74, 6) is 1.31. The van der Waals surface area contributed by atoms with Gasteiger partial charge in [-0.15, -0.1) is 0 Å². The molecule has 2 atom stereocenters. The van der Waals surface area contributed by atoms with Crippen molar-refractivity contribution >= 4 is 60.8 Å². The molecule has 51 heavy (non-hydrogen) atoms. The number of nitrogens with one attached hydrogen (secondary N) is 2. The number of anilines is 1. The van der Waals surface area contributed by atoms with Gasteiger partial charge in [-0.05, 0) is 106 Å². The number of aliphatic imine (C=N–C) groups is 2. The third kappa shape index (κ3) is 11.5. The molecule has 2 unspecified atom stereocenters. The maximum absolute atomic E-state index is 13.4. The third-order valence-electron chi connectivity index (χ3n) is 9.36. The number of aromatic nitrogens is 2. The fraction of sp³-hybridized carbons (Fsp3) is 0.486. The van der Waals surface area contributed by atoms with Gasteiger partial charge < -0.3 is 21.3 Å². The first-order valence-corrected chi connectivity index (χ1v) is 18.8. The molecule has 2 amide bonds. The van der Waals surface area contributed by atoms with Crippen molar-refractivity contribution in [1.82, 2.24) is 24.3 Å². The Kier molecular flexibility index (Phi) is 15.7. The van der Waals surface area contributed by atoms with Gasteiger partial charge in [-0.1, -0.05) is 30.6 Å². The highest BCUT2D eigenvalue weighted by atomic mass is 32.2. The van der Waals surface area contributed by atoms with Crippen LogP contribution in [0.5, 0.6) is 0 Å². The van der Waals surface area contributed by atoms with Crippen LogP contribution >= 0.6 is 0 Å². The second-order valence-electron chi connectivity index (χ2n) is 13.1. The lowest BCUT2D eigenvalue weighted by Gasteiger charge is -2.34. The molecule has 0 saturated carbocycles. The Morgan fingerprint density at radius 3 is 2.59 bits per heavy atom. The summed E-state index contributed by atoms with van der Waals surface area (Å²) in [4.78, 5) is 34.4. The van der Waals surface area contributed by atoms with E-state index in [1.807, 2.05) is 28.2 Å². The molecule has 12 nitrogen and oxygen atoms in total. The van der Waals surface area contributed by atoms with Crippen LogP contribution in [0.1, 0.15) is 56.1 Å². The van der Waals surface area contributed by atoms with E-state index in [1.165, 1.54) is 24.4 Å². The standard InChI is InChI=1S/C36H47BN8O3S.CH5N/c1-26(19-27-5-4-6-32(20-27)49(48)45-17-12-31(13-18-45)40-23-30(37)22-38-2)24-44-15-10-28(11-16-44)29-7-8-33-34(21-29)43(3)42-36(33)41-35(47)9-14-39-25-46;1-2/h4-8,20-23,25-26,28,31H,2,9-19,24H2,1,3H3,(H,39,46)(H,41,42,47);2H2,1H3/b30-22+,40-23?;. The SMILES string of the molecule is CN.[B]/C(C=NC1CCN(S(=O)c2cccc(CC(C)CN3CCC(c4ccc5c(NC(=O)CCNC=O)nn(C)c5c4)CC3)c2)CC1)=C/N=C. The lowest BCUT2D eigenvalue weighted by Crippen LogP contribution is -2.36. The minimum Gasteiger partial charge on any atom is -0.358 e. The van der Waals surface area contributed by atoms with Crippen LogP contribution in [-0.2, 0) is 34.0 Å². The van der Waals surface area contributed by atoms with E-state index in [4.69, 9.17) is 7.85 Å². The average Bonchev–Trinajstić information content (AvgIpc) is 3.45. The predicted molar refractivity (Wildman–Crippen MR) is 209 cm³/mol. The number of hydrogen-bond donors (Lipinski definition) is 3. The number of carbonyl (C=O) groups is 2. The van der Waals surface area contributed by atoms with Crippen LogP contribution in [0.15, 0.2) is 69.0 Å². The molecule has 2 fully saturated rings. The zero-order valence-electron chi connectivity index (χ0n) is 30.2. The molecular formula is C37H52BN9O3S. The Labute approximate surface area is 306 Å². The number of amides is 2. The topological polar surface area (TPSA) is 150 Å². The molecule has 4 N–H and O–H groups in total. The van der Waals surface area contributed by atoms with Crippen LogP contribution in [0.4, 0.5) is 5.82 Å². The van der Waals surface area contributed by atoms with Crippen LogP contribution in [0.2, 0.25) is 0 Å². The maximum Gasteiger partial charge on any atom is 0.227 e. The van der Waals surface area contributed by atoms with Gasteiger partial charge in [-0.25, -0.2) is 8.51 Å². The van der Waals surface area contributed by atoms with E-state index >= 15 is 0 Å². The Morgan fingerprint density at radius 2 is 1.88 bits per heavy atom. The van der Waals surface area contributed by atoms with Crippen molar-refractivity contribution < 1.29 is 13.8 Å². The molecule has 3 aromatic rings. The Bertz CT molecular complexity index is 1700. The Hall–Kier alpha value is -3.98.